The number of anilines is 2. The Bertz CT molecular complexity index is 1950. The van der Waals surface area contributed by atoms with Crippen molar-refractivity contribution in [2.24, 2.45) is 5.92 Å². The number of aromatic nitrogens is 1. The molecule has 236 valence electrons. The van der Waals surface area contributed by atoms with Crippen LogP contribution in [0.2, 0.25) is 15.1 Å². The highest BCUT2D eigenvalue weighted by molar-refractivity contribution is 8.00. The minimum Gasteiger partial charge on any atom is -0.483 e. The van der Waals surface area contributed by atoms with Crippen LogP contribution in [0.4, 0.5) is 11.4 Å². The fourth-order valence-electron chi connectivity index (χ4n) is 5.38. The predicted molar refractivity (Wildman–Crippen MR) is 177 cm³/mol. The average molecular weight is 719 g/mol. The molecular weight excluding hydrogens is 697 g/mol. The molecule has 0 saturated carbocycles. The van der Waals surface area contributed by atoms with Crippen LogP contribution in [0.25, 0.3) is 0 Å². The molecule has 3 atom stereocenters. The molecule has 3 aromatic carbocycles. The Kier molecular flexibility index (Phi) is 9.17. The minimum absolute atomic E-state index is 0.203. The fourth-order valence-corrected chi connectivity index (χ4v) is 8.36. The molecule has 2 aliphatic rings. The zero-order valence-corrected chi connectivity index (χ0v) is 27.6. The first-order chi connectivity index (χ1) is 22.0. The van der Waals surface area contributed by atoms with Crippen LogP contribution in [0.15, 0.2) is 70.5 Å². The molecule has 0 radical (unpaired) electrons. The summed E-state index contributed by atoms with van der Waals surface area (Å²) in [6.07, 6.45) is 0. The highest BCUT2D eigenvalue weighted by Crippen LogP contribution is 2.54. The third kappa shape index (κ3) is 6.15. The maximum absolute atomic E-state index is 14.1. The van der Waals surface area contributed by atoms with E-state index in [4.69, 9.17) is 44.3 Å². The molecule has 0 bridgehead atoms. The Balaban J connectivity index is 1.32. The van der Waals surface area contributed by atoms with Gasteiger partial charge in [-0.05, 0) is 67.6 Å². The zero-order chi connectivity index (χ0) is 32.7. The largest absolute Gasteiger partial charge is 0.483 e. The van der Waals surface area contributed by atoms with E-state index in [1.165, 1.54) is 30.3 Å². The first-order valence-electron chi connectivity index (χ1n) is 13.8. The number of benzene rings is 3. The monoisotopic (exact) mass is 717 g/mol. The number of H-pyrrole nitrogens is 1. The summed E-state index contributed by atoms with van der Waals surface area (Å²) in [4.78, 5) is 69.5. The number of thiazole rings is 1. The molecule has 3 heterocycles. The normalized spacial score (nSPS) is 18.6. The summed E-state index contributed by atoms with van der Waals surface area (Å²) in [6, 6.07) is 15.4. The molecule has 0 spiro atoms. The first-order valence-corrected chi connectivity index (χ1v) is 16.6. The standard InChI is InChI=1S/C31H22Cl3N3O7S2/c1-2-43-30(41)14-3-7-17(8-4-14)37-28(39)24-23(25-27(36-31(42)46-25)45-26(24)29(37)40)18-11-15(32)5-10-21(18)44-13-22(38)35-16-6-9-19(33)20(34)12-16/h3-12,23-24,26H,2,13H2,1H3,(H,35,38)(H,36,42). The van der Waals surface area contributed by atoms with Crippen LogP contribution in [0.1, 0.15) is 33.6 Å². The number of hydrogen-bond acceptors (Lipinski definition) is 9. The number of fused-ring (bicyclic) bond motifs is 2. The van der Waals surface area contributed by atoms with Crippen molar-refractivity contribution in [3.8, 4) is 5.75 Å². The van der Waals surface area contributed by atoms with E-state index in [2.05, 4.69) is 10.3 Å². The Labute approximate surface area is 284 Å². The summed E-state index contributed by atoms with van der Waals surface area (Å²) in [5.41, 5.74) is 1.41. The van der Waals surface area contributed by atoms with Crippen LogP contribution in [0, 0.1) is 5.92 Å². The van der Waals surface area contributed by atoms with Crippen LogP contribution < -0.4 is 19.8 Å². The number of thioether (sulfide) groups is 1. The van der Waals surface area contributed by atoms with E-state index in [1.54, 1.807) is 37.3 Å². The number of carbonyl (C=O) groups is 4. The highest BCUT2D eigenvalue weighted by atomic mass is 35.5. The van der Waals surface area contributed by atoms with Gasteiger partial charge in [-0.2, -0.15) is 0 Å². The lowest BCUT2D eigenvalue weighted by atomic mass is 9.82. The molecule has 3 unspecified atom stereocenters. The number of carbonyl (C=O) groups excluding carboxylic acids is 4. The number of nitrogens with zero attached hydrogens (tertiary/aromatic N) is 1. The quantitative estimate of drug-likeness (QED) is 0.158. The number of amides is 3. The second-order valence-corrected chi connectivity index (χ2v) is 13.6. The van der Waals surface area contributed by atoms with E-state index in [1.807, 2.05) is 0 Å². The summed E-state index contributed by atoms with van der Waals surface area (Å²) < 4.78 is 11.0. The third-order valence-corrected chi connectivity index (χ3v) is 10.7. The van der Waals surface area contributed by atoms with Crippen molar-refractivity contribution in [1.82, 2.24) is 4.98 Å². The van der Waals surface area contributed by atoms with Crippen molar-refractivity contribution in [2.45, 2.75) is 23.1 Å². The maximum atomic E-state index is 14.1. The molecule has 6 rings (SSSR count). The molecule has 1 saturated heterocycles. The fraction of sp³-hybridized carbons (Fsp3) is 0.194. The summed E-state index contributed by atoms with van der Waals surface area (Å²) in [7, 11) is 0. The Morgan fingerprint density at radius 3 is 2.43 bits per heavy atom. The van der Waals surface area contributed by atoms with Crippen molar-refractivity contribution >= 4 is 93.0 Å². The van der Waals surface area contributed by atoms with Gasteiger partial charge in [0.15, 0.2) is 6.61 Å². The minimum atomic E-state index is -0.938. The number of rotatable bonds is 8. The van der Waals surface area contributed by atoms with Crippen molar-refractivity contribution < 1.29 is 28.7 Å². The van der Waals surface area contributed by atoms with Gasteiger partial charge in [0.05, 0.1) is 38.8 Å². The van der Waals surface area contributed by atoms with Gasteiger partial charge in [-0.15, -0.1) is 0 Å². The van der Waals surface area contributed by atoms with E-state index in [-0.39, 0.29) is 33.5 Å². The van der Waals surface area contributed by atoms with Gasteiger partial charge in [-0.25, -0.2) is 9.69 Å². The summed E-state index contributed by atoms with van der Waals surface area (Å²) in [5.74, 6) is -3.49. The second-order valence-electron chi connectivity index (χ2n) is 10.2. The van der Waals surface area contributed by atoms with Crippen LogP contribution in [-0.2, 0) is 19.1 Å². The van der Waals surface area contributed by atoms with E-state index in [0.29, 0.717) is 31.2 Å². The van der Waals surface area contributed by atoms with Gasteiger partial charge in [0, 0.05) is 27.1 Å². The molecule has 3 amide bonds. The van der Waals surface area contributed by atoms with Gasteiger partial charge in [0.2, 0.25) is 11.8 Å². The Hall–Kier alpha value is -3.81. The van der Waals surface area contributed by atoms with Gasteiger partial charge < -0.3 is 19.8 Å². The van der Waals surface area contributed by atoms with Gasteiger partial charge in [-0.3, -0.25) is 19.2 Å². The average Bonchev–Trinajstić information content (AvgIpc) is 3.52. The summed E-state index contributed by atoms with van der Waals surface area (Å²) in [5, 5.41) is 3.20. The van der Waals surface area contributed by atoms with Crippen LogP contribution >= 0.6 is 57.9 Å². The van der Waals surface area contributed by atoms with E-state index < -0.39 is 47.4 Å². The molecule has 4 aromatic rings. The van der Waals surface area contributed by atoms with E-state index >= 15 is 0 Å². The number of halogens is 3. The van der Waals surface area contributed by atoms with Crippen molar-refractivity contribution in [1.29, 1.82) is 0 Å². The molecule has 2 aliphatic heterocycles. The van der Waals surface area contributed by atoms with Crippen molar-refractivity contribution in [3.63, 3.8) is 0 Å². The van der Waals surface area contributed by atoms with Crippen molar-refractivity contribution in [2.75, 3.05) is 23.4 Å². The third-order valence-electron chi connectivity index (χ3n) is 7.33. The molecule has 2 N–H and O–H groups in total. The molecule has 0 aliphatic carbocycles. The van der Waals surface area contributed by atoms with E-state index in [0.717, 1.165) is 28.0 Å². The highest BCUT2D eigenvalue weighted by Gasteiger charge is 2.57. The number of imide groups is 1. The van der Waals surface area contributed by atoms with Gasteiger partial charge in [0.25, 0.3) is 5.91 Å². The summed E-state index contributed by atoms with van der Waals surface area (Å²) >= 11 is 20.5. The molecule has 10 nitrogen and oxygen atoms in total. The van der Waals surface area contributed by atoms with Crippen LogP contribution in [0.3, 0.4) is 0 Å². The van der Waals surface area contributed by atoms with Gasteiger partial charge in [-0.1, -0.05) is 57.9 Å². The second kappa shape index (κ2) is 13.1. The van der Waals surface area contributed by atoms with Crippen LogP contribution in [-0.4, -0.2) is 47.1 Å². The smallest absolute Gasteiger partial charge is 0.338 e. The van der Waals surface area contributed by atoms with Gasteiger partial charge in [0.1, 0.15) is 11.0 Å². The SMILES string of the molecule is CCOC(=O)c1ccc(N2C(=O)C3Sc4[nH]c(=O)sc4C(c4cc(Cl)ccc4OCC(=O)Nc4ccc(Cl)c(Cl)c4)C3C2=O)cc1. The lowest BCUT2D eigenvalue weighted by Crippen LogP contribution is -2.32. The Morgan fingerprint density at radius 1 is 0.957 bits per heavy atom. The van der Waals surface area contributed by atoms with E-state index in [9.17, 15) is 24.0 Å². The number of ether oxygens (including phenoxy) is 2. The van der Waals surface area contributed by atoms with Gasteiger partial charge >= 0.3 is 10.8 Å². The molecule has 1 aromatic heterocycles. The predicted octanol–water partition coefficient (Wildman–Crippen LogP) is 6.39. The molecular formula is C31H22Cl3N3O7S2. The summed E-state index contributed by atoms with van der Waals surface area (Å²) in [6.45, 7) is 1.49. The topological polar surface area (TPSA) is 135 Å². The maximum Gasteiger partial charge on any atom is 0.338 e. The molecule has 46 heavy (non-hydrogen) atoms. The Morgan fingerprint density at radius 2 is 1.72 bits per heavy atom. The lowest BCUT2D eigenvalue weighted by Gasteiger charge is -2.31. The number of aromatic amines is 1. The zero-order valence-electron chi connectivity index (χ0n) is 23.7. The lowest BCUT2D eigenvalue weighted by molar-refractivity contribution is -0.122. The number of nitrogens with one attached hydrogen (secondary N) is 2. The van der Waals surface area contributed by atoms with Crippen LogP contribution in [0.5, 0.6) is 5.75 Å². The number of hydrogen-bond donors (Lipinski definition) is 2. The molecule has 15 heteroatoms. The number of esters is 1. The molecule has 1 fully saturated rings. The first kappa shape index (κ1) is 32.1. The van der Waals surface area contributed by atoms with Crippen molar-refractivity contribution in [3.05, 3.63) is 101 Å².